The lowest BCUT2D eigenvalue weighted by atomic mass is 10.3. The Hall–Kier alpha value is -0.740. The Bertz CT molecular complexity index is 228. The first-order valence-electron chi connectivity index (χ1n) is 3.94. The second kappa shape index (κ2) is 4.33. The molecule has 0 fully saturated rings. The van der Waals surface area contributed by atoms with Crippen LogP contribution in [0.2, 0.25) is 0 Å². The lowest BCUT2D eigenvalue weighted by molar-refractivity contribution is 0.292. The first-order chi connectivity index (χ1) is 5.74. The highest BCUT2D eigenvalue weighted by Gasteiger charge is 1.99. The smallest absolute Gasteiger partial charge is 0.0907 e. The van der Waals surface area contributed by atoms with Gasteiger partial charge in [-0.1, -0.05) is 0 Å². The number of aryl methyl sites for hydroxylation is 1. The van der Waals surface area contributed by atoms with Gasteiger partial charge in [0.1, 0.15) is 0 Å². The molecule has 0 bridgehead atoms. The van der Waals surface area contributed by atoms with Crippen molar-refractivity contribution in [2.75, 3.05) is 24.2 Å². The van der Waals surface area contributed by atoms with Crippen molar-refractivity contribution < 1.29 is 5.11 Å². The average molecular weight is 186 g/mol. The summed E-state index contributed by atoms with van der Waals surface area (Å²) in [6, 6.07) is 2.03. The molecule has 4 N–H and O–H groups in total. The molecule has 68 valence electrons. The second-order valence-electron chi connectivity index (χ2n) is 2.66. The molecule has 4 heteroatoms. The highest BCUT2D eigenvalue weighted by Crippen LogP contribution is 2.28. The number of aliphatic hydroxyl groups excluding tert-OH is 1. The maximum absolute atomic E-state index is 8.54. The van der Waals surface area contributed by atoms with Crippen LogP contribution in [0.15, 0.2) is 6.07 Å². The number of thiophene rings is 1. The molecule has 1 aromatic heterocycles. The van der Waals surface area contributed by atoms with Gasteiger partial charge >= 0.3 is 0 Å². The van der Waals surface area contributed by atoms with Crippen LogP contribution in [-0.2, 0) is 0 Å². The molecule has 1 heterocycles. The summed E-state index contributed by atoms with van der Waals surface area (Å²) in [4.78, 5) is 0. The Labute approximate surface area is 76.2 Å². The summed E-state index contributed by atoms with van der Waals surface area (Å²) < 4.78 is 0. The minimum atomic E-state index is 0.229. The van der Waals surface area contributed by atoms with E-state index in [4.69, 9.17) is 10.8 Å². The van der Waals surface area contributed by atoms with Crippen LogP contribution in [0.5, 0.6) is 0 Å². The molecule has 0 saturated carbocycles. The number of rotatable bonds is 4. The molecule has 0 aliphatic heterocycles. The number of anilines is 2. The van der Waals surface area contributed by atoms with Gasteiger partial charge in [0.05, 0.1) is 10.0 Å². The first kappa shape index (κ1) is 9.35. The third-order valence-corrected chi connectivity index (χ3v) is 2.61. The van der Waals surface area contributed by atoms with Crippen LogP contribution in [0.25, 0.3) is 0 Å². The fraction of sp³-hybridized carbons (Fsp3) is 0.500. The van der Waals surface area contributed by atoms with Crippen molar-refractivity contribution in [2.24, 2.45) is 0 Å². The predicted octanol–water partition coefficient (Wildman–Crippen LogP) is 1.43. The molecule has 0 amide bonds. The van der Waals surface area contributed by atoms with Gasteiger partial charge in [-0.15, -0.1) is 11.3 Å². The predicted molar refractivity (Wildman–Crippen MR) is 53.7 cm³/mol. The third kappa shape index (κ3) is 2.39. The Morgan fingerprint density at radius 2 is 2.42 bits per heavy atom. The molecule has 0 atom stereocenters. The number of hydrogen-bond acceptors (Lipinski definition) is 4. The molecule has 0 saturated heterocycles. The van der Waals surface area contributed by atoms with E-state index in [-0.39, 0.29) is 6.61 Å². The summed E-state index contributed by atoms with van der Waals surface area (Å²) in [6.07, 6.45) is 0.775. The van der Waals surface area contributed by atoms with E-state index in [1.807, 2.05) is 13.0 Å². The van der Waals surface area contributed by atoms with E-state index >= 15 is 0 Å². The molecule has 0 aliphatic carbocycles. The van der Waals surface area contributed by atoms with Crippen molar-refractivity contribution in [3.05, 3.63) is 11.6 Å². The van der Waals surface area contributed by atoms with Crippen LogP contribution in [0.1, 0.15) is 12.0 Å². The molecule has 0 aliphatic rings. The van der Waals surface area contributed by atoms with Gasteiger partial charge in [0.15, 0.2) is 0 Å². The van der Waals surface area contributed by atoms with Gasteiger partial charge in [-0.3, -0.25) is 0 Å². The standard InChI is InChI=1S/C8H14N2OS/c1-6-5-7(12-8(6)9)10-3-2-4-11/h5,10-11H,2-4,9H2,1H3. The SMILES string of the molecule is Cc1cc(NCCCO)sc1N. The second-order valence-corrected chi connectivity index (χ2v) is 3.75. The largest absolute Gasteiger partial charge is 0.396 e. The van der Waals surface area contributed by atoms with Gasteiger partial charge in [-0.2, -0.15) is 0 Å². The van der Waals surface area contributed by atoms with Crippen molar-refractivity contribution in [2.45, 2.75) is 13.3 Å². The zero-order valence-electron chi connectivity index (χ0n) is 7.13. The van der Waals surface area contributed by atoms with Gasteiger partial charge in [0.2, 0.25) is 0 Å². The minimum Gasteiger partial charge on any atom is -0.396 e. The number of hydrogen-bond donors (Lipinski definition) is 3. The quantitative estimate of drug-likeness (QED) is 0.623. The number of nitrogens with two attached hydrogens (primary N) is 1. The zero-order chi connectivity index (χ0) is 8.97. The van der Waals surface area contributed by atoms with E-state index < -0.39 is 0 Å². The molecule has 0 radical (unpaired) electrons. The van der Waals surface area contributed by atoms with Gasteiger partial charge in [0, 0.05) is 13.2 Å². The zero-order valence-corrected chi connectivity index (χ0v) is 7.95. The van der Waals surface area contributed by atoms with E-state index in [0.29, 0.717) is 0 Å². The molecular formula is C8H14N2OS. The molecule has 12 heavy (non-hydrogen) atoms. The number of aliphatic hydroxyl groups is 1. The Morgan fingerprint density at radius 3 is 2.92 bits per heavy atom. The fourth-order valence-electron chi connectivity index (χ4n) is 0.874. The Balaban J connectivity index is 2.42. The van der Waals surface area contributed by atoms with E-state index in [1.54, 1.807) is 11.3 Å². The van der Waals surface area contributed by atoms with E-state index in [9.17, 15) is 0 Å². The fourth-order valence-corrected chi connectivity index (χ4v) is 1.74. The van der Waals surface area contributed by atoms with Crippen molar-refractivity contribution in [1.82, 2.24) is 0 Å². The van der Waals surface area contributed by atoms with Crippen LogP contribution < -0.4 is 11.1 Å². The van der Waals surface area contributed by atoms with Crippen molar-refractivity contribution in [3.63, 3.8) is 0 Å². The molecule has 1 rings (SSSR count). The van der Waals surface area contributed by atoms with Gasteiger partial charge in [-0.25, -0.2) is 0 Å². The van der Waals surface area contributed by atoms with E-state index in [0.717, 1.165) is 28.5 Å². The lowest BCUT2D eigenvalue weighted by Gasteiger charge is -1.99. The topological polar surface area (TPSA) is 58.3 Å². The average Bonchev–Trinajstić information content (AvgIpc) is 2.32. The highest BCUT2D eigenvalue weighted by atomic mass is 32.1. The Morgan fingerprint density at radius 1 is 1.67 bits per heavy atom. The molecule has 1 aromatic rings. The Kier molecular flexibility index (Phi) is 3.37. The minimum absolute atomic E-state index is 0.229. The monoisotopic (exact) mass is 186 g/mol. The number of nitrogens with one attached hydrogen (secondary N) is 1. The first-order valence-corrected chi connectivity index (χ1v) is 4.76. The van der Waals surface area contributed by atoms with Gasteiger partial charge in [-0.05, 0) is 25.0 Å². The summed E-state index contributed by atoms with van der Waals surface area (Å²) in [5.74, 6) is 0. The molecule has 0 unspecified atom stereocenters. The normalized spacial score (nSPS) is 10.2. The maximum Gasteiger partial charge on any atom is 0.0907 e. The van der Waals surface area contributed by atoms with Crippen LogP contribution in [-0.4, -0.2) is 18.3 Å². The number of nitrogen functional groups attached to an aromatic ring is 1. The van der Waals surface area contributed by atoms with E-state index in [1.165, 1.54) is 0 Å². The summed E-state index contributed by atoms with van der Waals surface area (Å²) in [6.45, 7) is 3.02. The summed E-state index contributed by atoms with van der Waals surface area (Å²) in [5.41, 5.74) is 6.79. The highest BCUT2D eigenvalue weighted by molar-refractivity contribution is 7.20. The molecular weight excluding hydrogens is 172 g/mol. The summed E-state index contributed by atoms with van der Waals surface area (Å²) in [5, 5.41) is 13.7. The molecule has 0 spiro atoms. The lowest BCUT2D eigenvalue weighted by Crippen LogP contribution is -2.01. The van der Waals surface area contributed by atoms with E-state index in [2.05, 4.69) is 5.32 Å². The van der Waals surface area contributed by atoms with Crippen molar-refractivity contribution in [1.29, 1.82) is 0 Å². The summed E-state index contributed by atoms with van der Waals surface area (Å²) >= 11 is 1.55. The van der Waals surface area contributed by atoms with Crippen LogP contribution in [0, 0.1) is 6.92 Å². The molecule has 3 nitrogen and oxygen atoms in total. The van der Waals surface area contributed by atoms with Crippen LogP contribution in [0.4, 0.5) is 10.0 Å². The van der Waals surface area contributed by atoms with Gasteiger partial charge in [0.25, 0.3) is 0 Å². The van der Waals surface area contributed by atoms with Crippen LogP contribution in [0.3, 0.4) is 0 Å². The van der Waals surface area contributed by atoms with Gasteiger partial charge < -0.3 is 16.2 Å². The third-order valence-electron chi connectivity index (χ3n) is 1.59. The molecule has 0 aromatic carbocycles. The summed E-state index contributed by atoms with van der Waals surface area (Å²) in [7, 11) is 0. The van der Waals surface area contributed by atoms with Crippen LogP contribution >= 0.6 is 11.3 Å². The maximum atomic E-state index is 8.54. The van der Waals surface area contributed by atoms with Crippen molar-refractivity contribution >= 4 is 21.3 Å². The van der Waals surface area contributed by atoms with Crippen molar-refractivity contribution in [3.8, 4) is 0 Å².